The lowest BCUT2D eigenvalue weighted by Gasteiger charge is -2.11. The Labute approximate surface area is 178 Å². The van der Waals surface area contributed by atoms with Crippen LogP contribution in [0.25, 0.3) is 0 Å². The van der Waals surface area contributed by atoms with Crippen molar-refractivity contribution in [1.29, 1.82) is 0 Å². The van der Waals surface area contributed by atoms with Crippen molar-refractivity contribution in [2.24, 2.45) is 5.10 Å². The molecule has 0 saturated heterocycles. The average Bonchev–Trinajstić information content (AvgIpc) is 2.71. The maximum Gasteiger partial charge on any atom is 0.273 e. The van der Waals surface area contributed by atoms with Crippen LogP contribution in [0.3, 0.4) is 0 Å². The number of hydrazone groups is 1. The molecule has 0 bridgehead atoms. The van der Waals surface area contributed by atoms with E-state index < -0.39 is 5.91 Å². The van der Waals surface area contributed by atoms with Crippen molar-refractivity contribution in [2.45, 2.75) is 13.8 Å². The summed E-state index contributed by atoms with van der Waals surface area (Å²) in [4.78, 5) is 25.2. The third kappa shape index (κ3) is 5.62. The standard InChI is InChI=1S/C23H20BrN3O2/c1-15-3-7-17(8-4-15)14-25-27-23(29)20-13-19(24)11-12-21(20)26-22(28)18-9-5-16(2)6-10-18/h3-14H,1-2H3,(H,26,28)(H,27,29)/b25-14+. The summed E-state index contributed by atoms with van der Waals surface area (Å²) in [5.41, 5.74) is 6.82. The molecule has 146 valence electrons. The van der Waals surface area contributed by atoms with Crippen molar-refractivity contribution in [3.8, 4) is 0 Å². The van der Waals surface area contributed by atoms with Crippen LogP contribution in [-0.4, -0.2) is 18.0 Å². The molecule has 0 aromatic heterocycles. The lowest BCUT2D eigenvalue weighted by molar-refractivity contribution is 0.0956. The molecular weight excluding hydrogens is 430 g/mol. The number of amides is 2. The number of hydrogen-bond acceptors (Lipinski definition) is 3. The molecular formula is C23H20BrN3O2. The zero-order valence-corrected chi connectivity index (χ0v) is 17.7. The number of hydrogen-bond donors (Lipinski definition) is 2. The van der Waals surface area contributed by atoms with Gasteiger partial charge in [-0.3, -0.25) is 9.59 Å². The minimum atomic E-state index is -0.422. The van der Waals surface area contributed by atoms with Crippen LogP contribution < -0.4 is 10.7 Å². The molecule has 0 saturated carbocycles. The number of nitrogens with one attached hydrogen (secondary N) is 2. The molecule has 2 N–H and O–H groups in total. The summed E-state index contributed by atoms with van der Waals surface area (Å²) < 4.78 is 0.721. The molecule has 3 rings (SSSR count). The summed E-state index contributed by atoms with van der Waals surface area (Å²) in [5, 5.41) is 6.81. The number of halogens is 1. The molecule has 0 radical (unpaired) electrons. The molecule has 0 atom stereocenters. The molecule has 3 aromatic carbocycles. The number of carbonyl (C=O) groups excluding carboxylic acids is 2. The number of carbonyl (C=O) groups is 2. The van der Waals surface area contributed by atoms with Crippen molar-refractivity contribution >= 4 is 39.6 Å². The highest BCUT2D eigenvalue weighted by molar-refractivity contribution is 9.10. The van der Waals surface area contributed by atoms with Gasteiger partial charge in [-0.2, -0.15) is 5.10 Å². The average molecular weight is 450 g/mol. The van der Waals surface area contributed by atoms with Gasteiger partial charge in [0.2, 0.25) is 0 Å². The van der Waals surface area contributed by atoms with Crippen LogP contribution in [0.4, 0.5) is 5.69 Å². The molecule has 6 heteroatoms. The fraction of sp³-hybridized carbons (Fsp3) is 0.0870. The Morgan fingerprint density at radius 3 is 2.14 bits per heavy atom. The minimum absolute atomic E-state index is 0.287. The van der Waals surface area contributed by atoms with Gasteiger partial charge in [0.25, 0.3) is 11.8 Å². The van der Waals surface area contributed by atoms with Crippen LogP contribution in [0.15, 0.2) is 76.3 Å². The van der Waals surface area contributed by atoms with E-state index in [1.807, 2.05) is 50.2 Å². The van der Waals surface area contributed by atoms with E-state index in [-0.39, 0.29) is 5.91 Å². The molecule has 0 spiro atoms. The van der Waals surface area contributed by atoms with Crippen LogP contribution >= 0.6 is 15.9 Å². The zero-order valence-electron chi connectivity index (χ0n) is 16.1. The Hall–Kier alpha value is -3.25. The van der Waals surface area contributed by atoms with Gasteiger partial charge in [0, 0.05) is 10.0 Å². The predicted molar refractivity (Wildman–Crippen MR) is 120 cm³/mol. The highest BCUT2D eigenvalue weighted by atomic mass is 79.9. The van der Waals surface area contributed by atoms with E-state index in [9.17, 15) is 9.59 Å². The van der Waals surface area contributed by atoms with E-state index in [1.165, 1.54) is 0 Å². The van der Waals surface area contributed by atoms with Gasteiger partial charge in [-0.1, -0.05) is 63.5 Å². The van der Waals surface area contributed by atoms with E-state index in [1.54, 1.807) is 36.5 Å². The number of nitrogens with zero attached hydrogens (tertiary/aromatic N) is 1. The summed E-state index contributed by atoms with van der Waals surface area (Å²) in [6.45, 7) is 3.96. The molecule has 0 aliphatic carbocycles. The highest BCUT2D eigenvalue weighted by Gasteiger charge is 2.15. The Balaban J connectivity index is 1.75. The van der Waals surface area contributed by atoms with Gasteiger partial charge in [0.15, 0.2) is 0 Å². The number of anilines is 1. The van der Waals surface area contributed by atoms with E-state index in [0.717, 1.165) is 21.2 Å². The predicted octanol–water partition coefficient (Wildman–Crippen LogP) is 5.08. The summed E-state index contributed by atoms with van der Waals surface area (Å²) in [6, 6.07) is 20.1. The lowest BCUT2D eigenvalue weighted by Crippen LogP contribution is -2.21. The van der Waals surface area contributed by atoms with Gasteiger partial charge in [-0.05, 0) is 49.7 Å². The maximum absolute atomic E-state index is 12.6. The Morgan fingerprint density at radius 1 is 0.862 bits per heavy atom. The van der Waals surface area contributed by atoms with Crippen molar-refractivity contribution in [3.05, 3.63) is 99.0 Å². The quantitative estimate of drug-likeness (QED) is 0.420. The van der Waals surface area contributed by atoms with E-state index in [2.05, 4.69) is 31.8 Å². The normalized spacial score (nSPS) is 10.7. The molecule has 0 fully saturated rings. The minimum Gasteiger partial charge on any atom is -0.321 e. The third-order valence-corrected chi connectivity index (χ3v) is 4.74. The van der Waals surface area contributed by atoms with Crippen LogP contribution in [0.5, 0.6) is 0 Å². The number of aryl methyl sites for hydroxylation is 2. The number of benzene rings is 3. The summed E-state index contributed by atoms with van der Waals surface area (Å²) >= 11 is 3.36. The largest absolute Gasteiger partial charge is 0.321 e. The van der Waals surface area contributed by atoms with Gasteiger partial charge in [0.1, 0.15) is 0 Å². The molecule has 0 unspecified atom stereocenters. The summed E-state index contributed by atoms with van der Waals surface area (Å²) in [5.74, 6) is -0.710. The number of rotatable bonds is 5. The second kappa shape index (κ2) is 9.30. The van der Waals surface area contributed by atoms with E-state index >= 15 is 0 Å². The van der Waals surface area contributed by atoms with Gasteiger partial charge >= 0.3 is 0 Å². The second-order valence-electron chi connectivity index (χ2n) is 6.62. The second-order valence-corrected chi connectivity index (χ2v) is 7.54. The molecule has 29 heavy (non-hydrogen) atoms. The van der Waals surface area contributed by atoms with Gasteiger partial charge in [-0.15, -0.1) is 0 Å². The molecule has 3 aromatic rings. The summed E-state index contributed by atoms with van der Waals surface area (Å²) in [7, 11) is 0. The molecule has 0 aliphatic rings. The lowest BCUT2D eigenvalue weighted by atomic mass is 10.1. The van der Waals surface area contributed by atoms with E-state index in [4.69, 9.17) is 0 Å². The Kier molecular flexibility index (Phi) is 6.57. The van der Waals surface area contributed by atoms with E-state index in [0.29, 0.717) is 16.8 Å². The highest BCUT2D eigenvalue weighted by Crippen LogP contribution is 2.22. The van der Waals surface area contributed by atoms with Crippen molar-refractivity contribution in [1.82, 2.24) is 5.43 Å². The van der Waals surface area contributed by atoms with Crippen molar-refractivity contribution in [2.75, 3.05) is 5.32 Å². The maximum atomic E-state index is 12.6. The van der Waals surface area contributed by atoms with Crippen LogP contribution in [0, 0.1) is 13.8 Å². The fourth-order valence-electron chi connectivity index (χ4n) is 2.59. The Bertz CT molecular complexity index is 1060. The SMILES string of the molecule is Cc1ccc(/C=N/NC(=O)c2cc(Br)ccc2NC(=O)c2ccc(C)cc2)cc1. The van der Waals surface area contributed by atoms with Gasteiger partial charge < -0.3 is 5.32 Å². The molecule has 0 aliphatic heterocycles. The zero-order chi connectivity index (χ0) is 20.8. The smallest absolute Gasteiger partial charge is 0.273 e. The first-order valence-corrected chi connectivity index (χ1v) is 9.79. The fourth-order valence-corrected chi connectivity index (χ4v) is 2.95. The molecule has 5 nitrogen and oxygen atoms in total. The topological polar surface area (TPSA) is 70.6 Å². The van der Waals surface area contributed by atoms with Gasteiger partial charge in [0.05, 0.1) is 17.5 Å². The first-order chi connectivity index (χ1) is 13.9. The monoisotopic (exact) mass is 449 g/mol. The molecule has 2 amide bonds. The van der Waals surface area contributed by atoms with Crippen LogP contribution in [0.2, 0.25) is 0 Å². The first kappa shape index (κ1) is 20.5. The first-order valence-electron chi connectivity index (χ1n) is 9.00. The molecule has 0 heterocycles. The third-order valence-electron chi connectivity index (χ3n) is 4.25. The van der Waals surface area contributed by atoms with Gasteiger partial charge in [-0.25, -0.2) is 5.43 Å². The van der Waals surface area contributed by atoms with Crippen molar-refractivity contribution < 1.29 is 9.59 Å². The summed E-state index contributed by atoms with van der Waals surface area (Å²) in [6.07, 6.45) is 1.57. The Morgan fingerprint density at radius 2 is 1.48 bits per heavy atom. The van der Waals surface area contributed by atoms with Crippen LogP contribution in [-0.2, 0) is 0 Å². The van der Waals surface area contributed by atoms with Crippen molar-refractivity contribution in [3.63, 3.8) is 0 Å². The van der Waals surface area contributed by atoms with Crippen LogP contribution in [0.1, 0.15) is 37.4 Å².